The van der Waals surface area contributed by atoms with Gasteiger partial charge in [0.05, 0.1) is 17.2 Å². The van der Waals surface area contributed by atoms with Crippen LogP contribution in [0.4, 0.5) is 8.78 Å². The van der Waals surface area contributed by atoms with E-state index in [1.54, 1.807) is 25.1 Å². The molecule has 8 heteroatoms. The van der Waals surface area contributed by atoms with E-state index < -0.39 is 6.55 Å². The summed E-state index contributed by atoms with van der Waals surface area (Å²) in [5.41, 5.74) is 3.25. The first-order valence-electron chi connectivity index (χ1n) is 6.88. The molecule has 4 aromatic rings. The van der Waals surface area contributed by atoms with Gasteiger partial charge in [-0.3, -0.25) is 4.98 Å². The van der Waals surface area contributed by atoms with Gasteiger partial charge in [0.25, 0.3) is 0 Å². The van der Waals surface area contributed by atoms with E-state index in [0.29, 0.717) is 32.6 Å². The van der Waals surface area contributed by atoms with Crippen molar-refractivity contribution in [1.29, 1.82) is 0 Å². The van der Waals surface area contributed by atoms with Gasteiger partial charge in [-0.15, -0.1) is 0 Å². The predicted octanol–water partition coefficient (Wildman–Crippen LogP) is 2.97. The van der Waals surface area contributed by atoms with E-state index in [1.165, 1.54) is 6.20 Å². The van der Waals surface area contributed by atoms with Crippen LogP contribution in [0.1, 0.15) is 12.2 Å². The molecule has 0 radical (unpaired) electrons. The van der Waals surface area contributed by atoms with Crippen molar-refractivity contribution >= 4 is 22.1 Å². The second-order valence-corrected chi connectivity index (χ2v) is 5.24. The van der Waals surface area contributed by atoms with Crippen LogP contribution >= 0.6 is 0 Å². The molecule has 0 spiro atoms. The Morgan fingerprint density at radius 1 is 1.22 bits per heavy atom. The topological polar surface area (TPSA) is 79.4 Å². The molecule has 3 aromatic heterocycles. The smallest absolute Gasteiger partial charge is 0.304 e. The third-order valence-electron chi connectivity index (χ3n) is 3.84. The molecule has 3 heterocycles. The Hall–Kier alpha value is -3.03. The fraction of sp³-hybridized carbons (Fsp3) is 0.133. The van der Waals surface area contributed by atoms with E-state index in [4.69, 9.17) is 0 Å². The Kier molecular flexibility index (Phi) is 2.80. The molecule has 1 aromatic carbocycles. The summed E-state index contributed by atoms with van der Waals surface area (Å²) >= 11 is 0. The number of benzene rings is 1. The predicted molar refractivity (Wildman–Crippen MR) is 81.4 cm³/mol. The number of nitrogens with zero attached hydrogens (tertiary/aromatic N) is 3. The van der Waals surface area contributed by atoms with Crippen molar-refractivity contribution in [3.8, 4) is 11.1 Å². The van der Waals surface area contributed by atoms with E-state index in [-0.39, 0.29) is 5.69 Å². The van der Waals surface area contributed by atoms with Crippen molar-refractivity contribution in [3.63, 3.8) is 0 Å². The van der Waals surface area contributed by atoms with Gasteiger partial charge in [-0.2, -0.15) is 13.9 Å². The maximum absolute atomic E-state index is 12.8. The Balaban J connectivity index is 1.91. The number of H-pyrrole nitrogens is 2. The van der Waals surface area contributed by atoms with E-state index in [1.807, 2.05) is 6.07 Å². The van der Waals surface area contributed by atoms with Gasteiger partial charge in [-0.25, -0.2) is 14.5 Å². The molecule has 6 nitrogen and oxygen atoms in total. The van der Waals surface area contributed by atoms with Gasteiger partial charge < -0.3 is 4.98 Å². The summed E-state index contributed by atoms with van der Waals surface area (Å²) in [5.74, 6) is 0. The molecule has 0 saturated heterocycles. The van der Waals surface area contributed by atoms with Gasteiger partial charge in [0.2, 0.25) is 0 Å². The molecule has 116 valence electrons. The molecule has 0 fully saturated rings. The third-order valence-corrected chi connectivity index (χ3v) is 3.84. The zero-order chi connectivity index (χ0) is 16.1. The number of imidazole rings is 1. The Morgan fingerprint density at radius 3 is 2.78 bits per heavy atom. The second-order valence-electron chi connectivity index (χ2n) is 5.24. The van der Waals surface area contributed by atoms with Crippen LogP contribution in [0.15, 0.2) is 35.3 Å². The fourth-order valence-electron chi connectivity index (χ4n) is 2.70. The van der Waals surface area contributed by atoms with E-state index in [9.17, 15) is 13.6 Å². The number of fused-ring (bicyclic) bond motifs is 2. The lowest BCUT2D eigenvalue weighted by Gasteiger charge is -2.05. The summed E-state index contributed by atoms with van der Waals surface area (Å²) in [6, 6.07) is 7.22. The SMILES string of the molecule is Cc1c(-c2ccc3nc4[nH]c(=O)[nH]c4cc3c2)cnn1C(F)F. The lowest BCUT2D eigenvalue weighted by Crippen LogP contribution is -2.02. The van der Waals surface area contributed by atoms with Crippen molar-refractivity contribution in [1.82, 2.24) is 24.7 Å². The molecule has 0 saturated carbocycles. The normalized spacial score (nSPS) is 11.8. The van der Waals surface area contributed by atoms with Crippen LogP contribution in [0.5, 0.6) is 0 Å². The molecule has 0 bridgehead atoms. The molecular weight excluding hydrogens is 304 g/mol. The lowest BCUT2D eigenvalue weighted by atomic mass is 10.0. The first-order chi connectivity index (χ1) is 11.0. The minimum atomic E-state index is -2.67. The number of aromatic nitrogens is 5. The first-order valence-corrected chi connectivity index (χ1v) is 6.88. The molecule has 4 rings (SSSR count). The number of pyridine rings is 1. The Morgan fingerprint density at radius 2 is 2.04 bits per heavy atom. The molecule has 0 aliphatic heterocycles. The second kappa shape index (κ2) is 4.73. The van der Waals surface area contributed by atoms with Crippen molar-refractivity contribution < 1.29 is 8.78 Å². The van der Waals surface area contributed by atoms with Crippen LogP contribution < -0.4 is 5.69 Å². The van der Waals surface area contributed by atoms with Crippen LogP contribution in [0.25, 0.3) is 33.2 Å². The zero-order valence-electron chi connectivity index (χ0n) is 12.0. The number of rotatable bonds is 2. The molecule has 0 aliphatic rings. The summed E-state index contributed by atoms with van der Waals surface area (Å²) in [5, 5.41) is 4.52. The highest BCUT2D eigenvalue weighted by Crippen LogP contribution is 2.28. The summed E-state index contributed by atoms with van der Waals surface area (Å²) in [7, 11) is 0. The summed E-state index contributed by atoms with van der Waals surface area (Å²) in [6.45, 7) is -1.07. The molecule has 0 aliphatic carbocycles. The Labute approximate surface area is 127 Å². The van der Waals surface area contributed by atoms with Crippen LogP contribution in [0, 0.1) is 6.92 Å². The van der Waals surface area contributed by atoms with Gasteiger partial charge in [0, 0.05) is 16.6 Å². The number of hydrogen-bond donors (Lipinski definition) is 2. The molecule has 0 amide bonds. The van der Waals surface area contributed by atoms with Crippen LogP contribution in [0.3, 0.4) is 0 Å². The van der Waals surface area contributed by atoms with Gasteiger partial charge in [0.1, 0.15) is 0 Å². The molecule has 23 heavy (non-hydrogen) atoms. The van der Waals surface area contributed by atoms with E-state index >= 15 is 0 Å². The fourth-order valence-corrected chi connectivity index (χ4v) is 2.70. The number of hydrogen-bond acceptors (Lipinski definition) is 3. The number of nitrogens with one attached hydrogen (secondary N) is 2. The summed E-state index contributed by atoms with van der Waals surface area (Å²) in [6.07, 6.45) is 1.42. The minimum absolute atomic E-state index is 0.322. The first kappa shape index (κ1) is 13.6. The maximum Gasteiger partial charge on any atom is 0.333 e. The lowest BCUT2D eigenvalue weighted by molar-refractivity contribution is 0.0545. The average molecular weight is 315 g/mol. The van der Waals surface area contributed by atoms with E-state index in [2.05, 4.69) is 20.1 Å². The highest BCUT2D eigenvalue weighted by atomic mass is 19.3. The zero-order valence-corrected chi connectivity index (χ0v) is 12.0. The van der Waals surface area contributed by atoms with Gasteiger partial charge in [-0.1, -0.05) is 6.07 Å². The highest BCUT2D eigenvalue weighted by Gasteiger charge is 2.15. The largest absolute Gasteiger partial charge is 0.333 e. The van der Waals surface area contributed by atoms with Crippen molar-refractivity contribution in [3.05, 3.63) is 46.6 Å². The summed E-state index contributed by atoms with van der Waals surface area (Å²) in [4.78, 5) is 20.9. The van der Waals surface area contributed by atoms with Crippen LogP contribution in [-0.4, -0.2) is 24.7 Å². The number of halogens is 2. The van der Waals surface area contributed by atoms with Crippen LogP contribution in [-0.2, 0) is 0 Å². The maximum atomic E-state index is 12.8. The minimum Gasteiger partial charge on any atom is -0.304 e. The molecule has 0 unspecified atom stereocenters. The van der Waals surface area contributed by atoms with Gasteiger partial charge in [0.15, 0.2) is 5.65 Å². The number of aromatic amines is 2. The number of alkyl halides is 2. The summed E-state index contributed by atoms with van der Waals surface area (Å²) < 4.78 is 26.4. The van der Waals surface area contributed by atoms with E-state index in [0.717, 1.165) is 10.9 Å². The third kappa shape index (κ3) is 2.10. The Bertz CT molecular complexity index is 1090. The van der Waals surface area contributed by atoms with Crippen molar-refractivity contribution in [2.75, 3.05) is 0 Å². The van der Waals surface area contributed by atoms with Crippen LogP contribution in [0.2, 0.25) is 0 Å². The quantitative estimate of drug-likeness (QED) is 0.597. The molecule has 2 N–H and O–H groups in total. The molecule has 0 atom stereocenters. The molecular formula is C15H11F2N5O. The van der Waals surface area contributed by atoms with Crippen molar-refractivity contribution in [2.45, 2.75) is 13.5 Å². The van der Waals surface area contributed by atoms with Gasteiger partial charge in [-0.05, 0) is 30.7 Å². The monoisotopic (exact) mass is 315 g/mol. The standard InChI is InChI=1S/C15H11F2N5O/c1-7-10(6-18-22(7)14(16)17)8-2-3-11-9(4-8)5-12-13(19-11)21-15(23)20-12/h2-6,14H,1H3,(H2,19,20,21,23). The highest BCUT2D eigenvalue weighted by molar-refractivity contribution is 5.92. The van der Waals surface area contributed by atoms with Crippen molar-refractivity contribution in [2.24, 2.45) is 0 Å². The average Bonchev–Trinajstić information content (AvgIpc) is 3.05. The van der Waals surface area contributed by atoms with Gasteiger partial charge >= 0.3 is 12.2 Å².